The first-order chi connectivity index (χ1) is 6.65. The van der Waals surface area contributed by atoms with Crippen LogP contribution in [0.25, 0.3) is 0 Å². The van der Waals surface area contributed by atoms with Crippen LogP contribution in [0, 0.1) is 10.1 Å². The van der Waals surface area contributed by atoms with E-state index >= 15 is 0 Å². The lowest BCUT2D eigenvalue weighted by Crippen LogP contribution is -2.19. The molecule has 0 saturated heterocycles. The van der Waals surface area contributed by atoms with Gasteiger partial charge in [-0.05, 0) is 12.0 Å². The zero-order valence-electron chi connectivity index (χ0n) is 7.59. The standard InChI is InChI=1S/C9H12N2O3/c10-9(11(13)14)8-3-1-7(2-4-8)5-6-12/h1-4,9,12H,5-6,10H2. The Kier molecular flexibility index (Phi) is 3.55. The van der Waals surface area contributed by atoms with Gasteiger partial charge in [-0.3, -0.25) is 15.8 Å². The number of nitrogens with zero attached hydrogens (tertiary/aromatic N) is 1. The normalized spacial score (nSPS) is 12.4. The van der Waals surface area contributed by atoms with Gasteiger partial charge in [0.25, 0.3) is 6.17 Å². The Hall–Kier alpha value is -1.46. The van der Waals surface area contributed by atoms with Crippen LogP contribution in [0.15, 0.2) is 24.3 Å². The molecule has 5 heteroatoms. The van der Waals surface area contributed by atoms with E-state index in [2.05, 4.69) is 0 Å². The third kappa shape index (κ3) is 2.51. The fraction of sp³-hybridized carbons (Fsp3) is 0.333. The Bertz CT molecular complexity index is 310. The molecule has 1 atom stereocenters. The lowest BCUT2D eigenvalue weighted by atomic mass is 10.1. The largest absolute Gasteiger partial charge is 0.396 e. The molecular formula is C9H12N2O3. The molecule has 1 rings (SSSR count). The van der Waals surface area contributed by atoms with Crippen molar-refractivity contribution in [3.63, 3.8) is 0 Å². The van der Waals surface area contributed by atoms with Gasteiger partial charge < -0.3 is 5.11 Å². The van der Waals surface area contributed by atoms with Crippen LogP contribution in [0.1, 0.15) is 17.3 Å². The average molecular weight is 196 g/mol. The zero-order chi connectivity index (χ0) is 10.6. The first kappa shape index (κ1) is 10.6. The monoisotopic (exact) mass is 196 g/mol. The first-order valence-corrected chi connectivity index (χ1v) is 4.24. The van der Waals surface area contributed by atoms with Crippen LogP contribution in [0.4, 0.5) is 0 Å². The molecule has 0 saturated carbocycles. The predicted octanol–water partition coefficient (Wildman–Crippen LogP) is 0.455. The Labute approximate surface area is 81.3 Å². The second kappa shape index (κ2) is 4.69. The van der Waals surface area contributed by atoms with Gasteiger partial charge in [0.05, 0.1) is 0 Å². The summed E-state index contributed by atoms with van der Waals surface area (Å²) in [6.45, 7) is 0.0701. The second-order valence-corrected chi connectivity index (χ2v) is 2.95. The number of nitrogens with two attached hydrogens (primary N) is 1. The van der Waals surface area contributed by atoms with Crippen LogP contribution in [-0.4, -0.2) is 16.6 Å². The van der Waals surface area contributed by atoms with Gasteiger partial charge in [-0.1, -0.05) is 24.3 Å². The van der Waals surface area contributed by atoms with Gasteiger partial charge in [0, 0.05) is 17.1 Å². The van der Waals surface area contributed by atoms with Crippen molar-refractivity contribution in [1.29, 1.82) is 0 Å². The van der Waals surface area contributed by atoms with E-state index in [-0.39, 0.29) is 6.61 Å². The van der Waals surface area contributed by atoms with Crippen molar-refractivity contribution in [1.82, 2.24) is 0 Å². The van der Waals surface area contributed by atoms with Gasteiger partial charge >= 0.3 is 0 Å². The van der Waals surface area contributed by atoms with E-state index in [1.54, 1.807) is 24.3 Å². The molecule has 76 valence electrons. The molecule has 5 nitrogen and oxygen atoms in total. The summed E-state index contributed by atoms with van der Waals surface area (Å²) < 4.78 is 0. The molecule has 0 amide bonds. The topological polar surface area (TPSA) is 89.4 Å². The van der Waals surface area contributed by atoms with E-state index in [4.69, 9.17) is 10.8 Å². The van der Waals surface area contributed by atoms with Gasteiger partial charge in [0.1, 0.15) is 0 Å². The van der Waals surface area contributed by atoms with Crippen LogP contribution in [-0.2, 0) is 6.42 Å². The van der Waals surface area contributed by atoms with Gasteiger partial charge in [-0.2, -0.15) is 0 Å². The van der Waals surface area contributed by atoms with Crippen molar-refractivity contribution >= 4 is 0 Å². The molecule has 1 aromatic rings. The molecule has 1 unspecified atom stereocenters. The summed E-state index contributed by atoms with van der Waals surface area (Å²) in [6, 6.07) is 6.68. The summed E-state index contributed by atoms with van der Waals surface area (Å²) in [5.41, 5.74) is 6.72. The summed E-state index contributed by atoms with van der Waals surface area (Å²) in [5.74, 6) is 0. The number of rotatable bonds is 4. The Balaban J connectivity index is 2.77. The Morgan fingerprint density at radius 1 is 1.43 bits per heavy atom. The van der Waals surface area contributed by atoms with E-state index in [1.165, 1.54) is 0 Å². The number of hydrogen-bond donors (Lipinski definition) is 2. The SMILES string of the molecule is NC(c1ccc(CCO)cc1)[N+](=O)[O-]. The summed E-state index contributed by atoms with van der Waals surface area (Å²) in [7, 11) is 0. The number of benzene rings is 1. The van der Waals surface area contributed by atoms with Crippen molar-refractivity contribution in [2.75, 3.05) is 6.61 Å². The van der Waals surface area contributed by atoms with Crippen LogP contribution in [0.3, 0.4) is 0 Å². The highest BCUT2D eigenvalue weighted by molar-refractivity contribution is 5.23. The Morgan fingerprint density at radius 2 is 2.00 bits per heavy atom. The summed E-state index contributed by atoms with van der Waals surface area (Å²) >= 11 is 0. The molecule has 0 fully saturated rings. The van der Waals surface area contributed by atoms with Crippen LogP contribution >= 0.6 is 0 Å². The molecule has 0 heterocycles. The third-order valence-corrected chi connectivity index (χ3v) is 1.95. The van der Waals surface area contributed by atoms with Crippen LogP contribution < -0.4 is 5.73 Å². The molecule has 0 aliphatic rings. The highest BCUT2D eigenvalue weighted by Gasteiger charge is 2.15. The molecule has 0 radical (unpaired) electrons. The van der Waals surface area contributed by atoms with Crippen molar-refractivity contribution in [3.8, 4) is 0 Å². The molecule has 1 aromatic carbocycles. The number of aliphatic hydroxyl groups is 1. The lowest BCUT2D eigenvalue weighted by Gasteiger charge is -2.04. The third-order valence-electron chi connectivity index (χ3n) is 1.95. The summed E-state index contributed by atoms with van der Waals surface area (Å²) in [4.78, 5) is 9.81. The molecular weight excluding hydrogens is 184 g/mol. The van der Waals surface area contributed by atoms with Crippen LogP contribution in [0.5, 0.6) is 0 Å². The zero-order valence-corrected chi connectivity index (χ0v) is 7.59. The highest BCUT2D eigenvalue weighted by atomic mass is 16.6. The molecule has 3 N–H and O–H groups in total. The van der Waals surface area contributed by atoms with E-state index < -0.39 is 11.1 Å². The second-order valence-electron chi connectivity index (χ2n) is 2.95. The van der Waals surface area contributed by atoms with Gasteiger partial charge in [-0.15, -0.1) is 0 Å². The number of aliphatic hydroxyl groups excluding tert-OH is 1. The average Bonchev–Trinajstić information content (AvgIpc) is 2.18. The van der Waals surface area contributed by atoms with Crippen LogP contribution in [0.2, 0.25) is 0 Å². The number of nitro groups is 1. The minimum Gasteiger partial charge on any atom is -0.396 e. The van der Waals surface area contributed by atoms with E-state index in [1.807, 2.05) is 0 Å². The quantitative estimate of drug-likeness (QED) is 0.415. The van der Waals surface area contributed by atoms with Gasteiger partial charge in [0.15, 0.2) is 0 Å². The lowest BCUT2D eigenvalue weighted by molar-refractivity contribution is -0.527. The minimum atomic E-state index is -1.17. The Morgan fingerprint density at radius 3 is 2.43 bits per heavy atom. The van der Waals surface area contributed by atoms with E-state index in [0.717, 1.165) is 5.56 Å². The van der Waals surface area contributed by atoms with Crippen molar-refractivity contribution in [3.05, 3.63) is 45.5 Å². The highest BCUT2D eigenvalue weighted by Crippen LogP contribution is 2.12. The fourth-order valence-corrected chi connectivity index (χ4v) is 1.13. The van der Waals surface area contributed by atoms with Crippen molar-refractivity contribution in [2.24, 2.45) is 5.73 Å². The molecule has 0 spiro atoms. The van der Waals surface area contributed by atoms with E-state index in [9.17, 15) is 10.1 Å². The molecule has 0 bridgehead atoms. The van der Waals surface area contributed by atoms with E-state index in [0.29, 0.717) is 12.0 Å². The maximum absolute atomic E-state index is 10.4. The predicted molar refractivity (Wildman–Crippen MR) is 51.2 cm³/mol. The minimum absolute atomic E-state index is 0.0701. The molecule has 0 aliphatic heterocycles. The maximum Gasteiger partial charge on any atom is 0.289 e. The van der Waals surface area contributed by atoms with Crippen molar-refractivity contribution < 1.29 is 10.0 Å². The van der Waals surface area contributed by atoms with Gasteiger partial charge in [-0.25, -0.2) is 0 Å². The summed E-state index contributed by atoms with van der Waals surface area (Å²) in [6.07, 6.45) is -0.619. The van der Waals surface area contributed by atoms with Gasteiger partial charge in [0.2, 0.25) is 0 Å². The molecule has 0 aliphatic carbocycles. The maximum atomic E-state index is 10.4. The number of hydrogen-bond acceptors (Lipinski definition) is 4. The molecule has 14 heavy (non-hydrogen) atoms. The van der Waals surface area contributed by atoms with Crippen molar-refractivity contribution in [2.45, 2.75) is 12.6 Å². The summed E-state index contributed by atoms with van der Waals surface area (Å²) in [5, 5.41) is 19.0. The smallest absolute Gasteiger partial charge is 0.289 e. The first-order valence-electron chi connectivity index (χ1n) is 4.24. The molecule has 0 aromatic heterocycles. The fourth-order valence-electron chi connectivity index (χ4n) is 1.13.